The van der Waals surface area contributed by atoms with E-state index in [0.717, 1.165) is 12.8 Å². The average molecular weight is 285 g/mol. The van der Waals surface area contributed by atoms with E-state index in [4.69, 9.17) is 0 Å². The number of rotatable bonds is 14. The lowest BCUT2D eigenvalue weighted by molar-refractivity contribution is -0.432. The van der Waals surface area contributed by atoms with Crippen molar-refractivity contribution < 1.29 is 10.8 Å². The molecule has 0 radical (unpaired) electrons. The number of aliphatic hydroxyl groups is 1. The summed E-state index contributed by atoms with van der Waals surface area (Å²) in [4.78, 5) is 0. The Morgan fingerprint density at radius 1 is 0.850 bits per heavy atom. The summed E-state index contributed by atoms with van der Waals surface area (Å²) in [5.74, 6) is 0. The molecule has 0 fully saturated rings. The second-order valence-corrected chi connectivity index (χ2v) is 6.21. The average Bonchev–Trinajstić information content (AvgIpc) is 2.43. The van der Waals surface area contributed by atoms with Crippen LogP contribution in [0.1, 0.15) is 90.9 Å². The summed E-state index contributed by atoms with van der Waals surface area (Å²) >= 11 is 0. The zero-order chi connectivity index (χ0) is 15.1. The highest BCUT2D eigenvalue weighted by molar-refractivity contribution is 4.80. The number of unbranched alkanes of at least 4 members (excludes halogenated alkanes) is 9. The third kappa shape index (κ3) is 14.1. The van der Waals surface area contributed by atoms with Crippen LogP contribution in [0.5, 0.6) is 0 Å². The van der Waals surface area contributed by atoms with Crippen LogP contribution in [0.4, 0.5) is 0 Å². The highest BCUT2D eigenvalue weighted by Crippen LogP contribution is 2.12. The van der Waals surface area contributed by atoms with E-state index in [0.29, 0.717) is 0 Å². The van der Waals surface area contributed by atoms with E-state index >= 15 is 0 Å². The predicted octanol–water partition coefficient (Wildman–Crippen LogP) is 4.24. The topological polar surface area (TPSA) is 47.9 Å². The van der Waals surface area contributed by atoms with Crippen molar-refractivity contribution in [2.24, 2.45) is 0 Å². The maximum Gasteiger partial charge on any atom is 0.108 e. The Morgan fingerprint density at radius 3 is 1.90 bits per heavy atom. The lowest BCUT2D eigenvalue weighted by Gasteiger charge is -2.11. The van der Waals surface area contributed by atoms with Crippen molar-refractivity contribution in [2.75, 3.05) is 0 Å². The zero-order valence-electron chi connectivity index (χ0n) is 13.9. The van der Waals surface area contributed by atoms with Gasteiger partial charge in [-0.2, -0.15) is 0 Å². The maximum absolute atomic E-state index is 9.64. The van der Waals surface area contributed by atoms with Gasteiger partial charge in [0.15, 0.2) is 0 Å². The standard InChI is InChI=1S/C18H37NO/c1-3-4-5-6-7-8-9-10-11-12-13-14-15-16-18(20)17(2)19/h5-6,17-18,20H,3-4,7-16,19H2,1-2H3/p+1/b6-5-/t17-,18+/m0/s1. The van der Waals surface area contributed by atoms with E-state index in [2.05, 4.69) is 24.8 Å². The molecule has 2 heteroatoms. The van der Waals surface area contributed by atoms with E-state index in [1.54, 1.807) is 0 Å². The summed E-state index contributed by atoms with van der Waals surface area (Å²) in [7, 11) is 0. The van der Waals surface area contributed by atoms with Gasteiger partial charge < -0.3 is 10.8 Å². The molecule has 120 valence electrons. The van der Waals surface area contributed by atoms with Crippen LogP contribution in [0.25, 0.3) is 0 Å². The minimum absolute atomic E-state index is 0.168. The SMILES string of the molecule is CCC/C=C\CCCCCCCCCC[C@@H](O)[C@H](C)[NH3+]. The second kappa shape index (κ2) is 15.1. The minimum Gasteiger partial charge on any atom is -0.387 e. The Kier molecular flexibility index (Phi) is 14.8. The lowest BCUT2D eigenvalue weighted by atomic mass is 10.0. The van der Waals surface area contributed by atoms with E-state index in [9.17, 15) is 5.11 Å². The van der Waals surface area contributed by atoms with Gasteiger partial charge in [0, 0.05) is 0 Å². The molecule has 0 aliphatic rings. The minimum atomic E-state index is -0.198. The molecule has 2 nitrogen and oxygen atoms in total. The Morgan fingerprint density at radius 2 is 1.35 bits per heavy atom. The van der Waals surface area contributed by atoms with E-state index in [1.807, 2.05) is 6.92 Å². The third-order valence-corrected chi connectivity index (χ3v) is 3.90. The van der Waals surface area contributed by atoms with Gasteiger partial charge in [-0.1, -0.05) is 70.4 Å². The van der Waals surface area contributed by atoms with Crippen molar-refractivity contribution in [3.05, 3.63) is 12.2 Å². The van der Waals surface area contributed by atoms with Gasteiger partial charge >= 0.3 is 0 Å². The first-order chi connectivity index (χ1) is 9.68. The van der Waals surface area contributed by atoms with Crippen molar-refractivity contribution in [1.82, 2.24) is 0 Å². The number of allylic oxidation sites excluding steroid dienone is 2. The third-order valence-electron chi connectivity index (χ3n) is 3.90. The molecule has 0 aromatic rings. The number of hydrogen-bond donors (Lipinski definition) is 2. The lowest BCUT2D eigenvalue weighted by Crippen LogP contribution is -2.64. The number of aliphatic hydroxyl groups excluding tert-OH is 1. The molecular formula is C18H38NO+. The Labute approximate surface area is 126 Å². The molecule has 20 heavy (non-hydrogen) atoms. The van der Waals surface area contributed by atoms with Crippen molar-refractivity contribution in [1.29, 1.82) is 0 Å². The molecule has 0 saturated carbocycles. The van der Waals surface area contributed by atoms with Gasteiger partial charge in [0.2, 0.25) is 0 Å². The molecule has 0 amide bonds. The van der Waals surface area contributed by atoms with Crippen LogP contribution in [0, 0.1) is 0 Å². The summed E-state index contributed by atoms with van der Waals surface area (Å²) in [6.45, 7) is 4.22. The smallest absolute Gasteiger partial charge is 0.108 e. The fourth-order valence-corrected chi connectivity index (χ4v) is 2.36. The van der Waals surface area contributed by atoms with Gasteiger partial charge in [0.25, 0.3) is 0 Å². The number of quaternary nitrogens is 1. The Hall–Kier alpha value is -0.340. The molecule has 4 N–H and O–H groups in total. The molecule has 0 heterocycles. The van der Waals surface area contributed by atoms with Gasteiger partial charge in [-0.15, -0.1) is 0 Å². The van der Waals surface area contributed by atoms with Gasteiger partial charge in [-0.3, -0.25) is 0 Å². The van der Waals surface area contributed by atoms with Crippen LogP contribution in [-0.4, -0.2) is 17.3 Å². The van der Waals surface area contributed by atoms with Gasteiger partial charge in [-0.25, -0.2) is 0 Å². The summed E-state index contributed by atoms with van der Waals surface area (Å²) in [5, 5.41) is 9.64. The summed E-state index contributed by atoms with van der Waals surface area (Å²) < 4.78 is 0. The highest BCUT2D eigenvalue weighted by Gasteiger charge is 2.11. The maximum atomic E-state index is 9.64. The van der Waals surface area contributed by atoms with Gasteiger partial charge in [0.05, 0.1) is 0 Å². The predicted molar refractivity (Wildman–Crippen MR) is 88.6 cm³/mol. The number of hydrogen-bond acceptors (Lipinski definition) is 1. The molecular weight excluding hydrogens is 246 g/mol. The van der Waals surface area contributed by atoms with Crippen LogP contribution >= 0.6 is 0 Å². The van der Waals surface area contributed by atoms with E-state index in [1.165, 1.54) is 64.2 Å². The van der Waals surface area contributed by atoms with Gasteiger partial charge in [-0.05, 0) is 32.6 Å². The van der Waals surface area contributed by atoms with Crippen LogP contribution < -0.4 is 5.73 Å². The van der Waals surface area contributed by atoms with Crippen molar-refractivity contribution in [3.8, 4) is 0 Å². The second-order valence-electron chi connectivity index (χ2n) is 6.21. The first kappa shape index (κ1) is 19.7. The van der Waals surface area contributed by atoms with E-state index < -0.39 is 0 Å². The molecule has 0 rings (SSSR count). The highest BCUT2D eigenvalue weighted by atomic mass is 16.3. The molecule has 0 spiro atoms. The van der Waals surface area contributed by atoms with Crippen LogP contribution in [-0.2, 0) is 0 Å². The molecule has 0 saturated heterocycles. The van der Waals surface area contributed by atoms with Crippen LogP contribution in [0.15, 0.2) is 12.2 Å². The van der Waals surface area contributed by atoms with E-state index in [-0.39, 0.29) is 12.1 Å². The molecule has 0 aliphatic heterocycles. The molecule has 2 atom stereocenters. The molecule has 0 aromatic carbocycles. The molecule has 0 aliphatic carbocycles. The van der Waals surface area contributed by atoms with Crippen LogP contribution in [0.3, 0.4) is 0 Å². The van der Waals surface area contributed by atoms with Crippen molar-refractivity contribution >= 4 is 0 Å². The van der Waals surface area contributed by atoms with Crippen molar-refractivity contribution in [2.45, 2.75) is 103 Å². The first-order valence-corrected chi connectivity index (χ1v) is 8.84. The van der Waals surface area contributed by atoms with Gasteiger partial charge in [0.1, 0.15) is 12.1 Å². The van der Waals surface area contributed by atoms with Crippen molar-refractivity contribution in [3.63, 3.8) is 0 Å². The van der Waals surface area contributed by atoms with Crippen LogP contribution in [0.2, 0.25) is 0 Å². The normalized spacial score (nSPS) is 14.8. The molecule has 0 aromatic heterocycles. The zero-order valence-corrected chi connectivity index (χ0v) is 13.9. The fraction of sp³-hybridized carbons (Fsp3) is 0.889. The summed E-state index contributed by atoms with van der Waals surface area (Å²) in [6.07, 6.45) is 19.8. The Balaban J connectivity index is 3.10. The Bertz CT molecular complexity index is 213. The monoisotopic (exact) mass is 284 g/mol. The molecule has 0 bridgehead atoms. The largest absolute Gasteiger partial charge is 0.387 e. The quantitative estimate of drug-likeness (QED) is 0.364. The molecule has 0 unspecified atom stereocenters. The fourth-order valence-electron chi connectivity index (χ4n) is 2.36. The first-order valence-electron chi connectivity index (χ1n) is 8.84. The summed E-state index contributed by atoms with van der Waals surface area (Å²) in [6, 6.07) is 0.168. The summed E-state index contributed by atoms with van der Waals surface area (Å²) in [5.41, 5.74) is 3.86.